The monoisotopic (exact) mass is 307 g/mol. The summed E-state index contributed by atoms with van der Waals surface area (Å²) in [7, 11) is -3.83. The van der Waals surface area contributed by atoms with Gasteiger partial charge in [-0.15, -0.1) is 0 Å². The Labute approximate surface area is 123 Å². The average molecular weight is 307 g/mol. The Hall–Kier alpha value is -2.09. The molecular weight excluding hydrogens is 290 g/mol. The summed E-state index contributed by atoms with van der Waals surface area (Å²) in [5, 5.41) is 18.1. The molecule has 0 aromatic heterocycles. The molecule has 0 spiro atoms. The van der Waals surface area contributed by atoms with Gasteiger partial charge in [0.2, 0.25) is 10.0 Å². The Morgan fingerprint density at radius 3 is 2.38 bits per heavy atom. The van der Waals surface area contributed by atoms with Gasteiger partial charge in [0.1, 0.15) is 4.90 Å². The van der Waals surface area contributed by atoms with Crippen molar-refractivity contribution in [2.24, 2.45) is 5.14 Å². The lowest BCUT2D eigenvalue weighted by Crippen LogP contribution is -2.15. The first kappa shape index (κ1) is 15.3. The molecule has 0 amide bonds. The van der Waals surface area contributed by atoms with Crippen molar-refractivity contribution in [1.82, 2.24) is 0 Å². The second-order valence-electron chi connectivity index (χ2n) is 4.60. The zero-order valence-corrected chi connectivity index (χ0v) is 12.0. The molecule has 2 rings (SSSR count). The topological polar surface area (TPSA) is 118 Å². The van der Waals surface area contributed by atoms with Gasteiger partial charge in [-0.25, -0.2) is 13.6 Å². The first-order valence-electron chi connectivity index (χ1n) is 6.27. The van der Waals surface area contributed by atoms with Gasteiger partial charge in [-0.2, -0.15) is 0 Å². The van der Waals surface area contributed by atoms with Crippen LogP contribution in [-0.4, -0.2) is 20.1 Å². The summed E-state index contributed by atoms with van der Waals surface area (Å²) >= 11 is 0. The molecule has 2 aromatic carbocycles. The van der Waals surface area contributed by atoms with E-state index < -0.39 is 16.1 Å². The zero-order chi connectivity index (χ0) is 15.5. The molecule has 112 valence electrons. The van der Waals surface area contributed by atoms with E-state index in [2.05, 4.69) is 5.32 Å². The molecule has 7 heteroatoms. The van der Waals surface area contributed by atoms with Crippen molar-refractivity contribution in [3.05, 3.63) is 54.1 Å². The maximum atomic E-state index is 11.3. The van der Waals surface area contributed by atoms with Gasteiger partial charge >= 0.3 is 0 Å². The van der Waals surface area contributed by atoms with E-state index in [0.717, 1.165) is 5.56 Å². The number of sulfonamides is 1. The van der Waals surface area contributed by atoms with Crippen molar-refractivity contribution in [3.63, 3.8) is 0 Å². The molecule has 21 heavy (non-hydrogen) atoms. The highest BCUT2D eigenvalue weighted by molar-refractivity contribution is 7.89. The van der Waals surface area contributed by atoms with E-state index in [0.29, 0.717) is 5.69 Å². The van der Waals surface area contributed by atoms with Crippen LogP contribution in [0.3, 0.4) is 0 Å². The van der Waals surface area contributed by atoms with Crippen LogP contribution in [0.4, 0.5) is 11.4 Å². The maximum absolute atomic E-state index is 11.3. The quantitative estimate of drug-likeness (QED) is 0.616. The summed E-state index contributed by atoms with van der Waals surface area (Å²) in [5.41, 5.74) is 7.13. The predicted octanol–water partition coefficient (Wildman–Crippen LogP) is 1.06. The summed E-state index contributed by atoms with van der Waals surface area (Å²) in [5.74, 6) is 0. The summed E-state index contributed by atoms with van der Waals surface area (Å²) in [6.45, 7) is 0.276. The van der Waals surface area contributed by atoms with E-state index in [1.165, 1.54) is 12.1 Å². The van der Waals surface area contributed by atoms with Crippen molar-refractivity contribution >= 4 is 21.4 Å². The molecule has 2 aromatic rings. The van der Waals surface area contributed by atoms with Gasteiger partial charge < -0.3 is 16.2 Å². The molecule has 6 nitrogen and oxygen atoms in total. The lowest BCUT2D eigenvalue weighted by molar-refractivity contribution is 0.191. The van der Waals surface area contributed by atoms with Crippen LogP contribution in [0, 0.1) is 0 Å². The minimum Gasteiger partial charge on any atom is -0.398 e. The first-order valence-corrected chi connectivity index (χ1v) is 7.82. The van der Waals surface area contributed by atoms with E-state index in [-0.39, 0.29) is 17.1 Å². The molecule has 0 aliphatic carbocycles. The van der Waals surface area contributed by atoms with Gasteiger partial charge in [0.05, 0.1) is 11.8 Å². The molecule has 6 N–H and O–H groups in total. The summed E-state index contributed by atoms with van der Waals surface area (Å²) < 4.78 is 22.5. The third kappa shape index (κ3) is 3.94. The van der Waals surface area contributed by atoms with Gasteiger partial charge in [0, 0.05) is 12.2 Å². The highest BCUT2D eigenvalue weighted by Gasteiger charge is 2.13. The molecule has 1 unspecified atom stereocenters. The lowest BCUT2D eigenvalue weighted by atomic mass is 10.1. The number of nitrogens with two attached hydrogens (primary N) is 2. The van der Waals surface area contributed by atoms with Crippen molar-refractivity contribution < 1.29 is 13.5 Å². The SMILES string of the molecule is Nc1cc(NCC(O)c2ccccc2)ccc1S(N)(=O)=O. The average Bonchev–Trinajstić information content (AvgIpc) is 2.44. The fraction of sp³-hybridized carbons (Fsp3) is 0.143. The number of aliphatic hydroxyl groups is 1. The van der Waals surface area contributed by atoms with Crippen LogP contribution >= 0.6 is 0 Å². The number of primary sulfonamides is 1. The van der Waals surface area contributed by atoms with Gasteiger partial charge in [0.25, 0.3) is 0 Å². The third-order valence-corrected chi connectivity index (χ3v) is 3.99. The predicted molar refractivity (Wildman–Crippen MR) is 82.1 cm³/mol. The van der Waals surface area contributed by atoms with Crippen LogP contribution in [-0.2, 0) is 10.0 Å². The van der Waals surface area contributed by atoms with Crippen molar-refractivity contribution in [2.75, 3.05) is 17.6 Å². The Kier molecular flexibility index (Phi) is 4.46. The summed E-state index contributed by atoms with van der Waals surface area (Å²) in [6.07, 6.45) is -0.676. The molecule has 0 heterocycles. The molecule has 0 aliphatic rings. The van der Waals surface area contributed by atoms with Crippen LogP contribution in [0.15, 0.2) is 53.4 Å². The number of hydrogen-bond acceptors (Lipinski definition) is 5. The maximum Gasteiger partial charge on any atom is 0.240 e. The van der Waals surface area contributed by atoms with E-state index in [1.807, 2.05) is 30.3 Å². The molecule has 0 saturated carbocycles. The van der Waals surface area contributed by atoms with Gasteiger partial charge in [0.15, 0.2) is 0 Å². The number of nitrogen functional groups attached to an aromatic ring is 1. The van der Waals surface area contributed by atoms with Crippen LogP contribution in [0.1, 0.15) is 11.7 Å². The van der Waals surface area contributed by atoms with E-state index >= 15 is 0 Å². The van der Waals surface area contributed by atoms with Crippen molar-refractivity contribution in [1.29, 1.82) is 0 Å². The molecule has 0 bridgehead atoms. The largest absolute Gasteiger partial charge is 0.398 e. The van der Waals surface area contributed by atoms with E-state index in [1.54, 1.807) is 6.07 Å². The highest BCUT2D eigenvalue weighted by Crippen LogP contribution is 2.22. The van der Waals surface area contributed by atoms with Crippen molar-refractivity contribution in [3.8, 4) is 0 Å². The van der Waals surface area contributed by atoms with Crippen LogP contribution in [0.25, 0.3) is 0 Å². The van der Waals surface area contributed by atoms with E-state index in [9.17, 15) is 13.5 Å². The molecule has 0 aliphatic heterocycles. The number of benzene rings is 2. The number of rotatable bonds is 5. The van der Waals surface area contributed by atoms with Crippen molar-refractivity contribution in [2.45, 2.75) is 11.0 Å². The van der Waals surface area contributed by atoms with E-state index in [4.69, 9.17) is 10.9 Å². The number of hydrogen-bond donors (Lipinski definition) is 4. The second-order valence-corrected chi connectivity index (χ2v) is 6.13. The van der Waals surface area contributed by atoms with Gasteiger partial charge in [-0.05, 0) is 23.8 Å². The molecule has 0 saturated heterocycles. The first-order chi connectivity index (χ1) is 9.88. The number of anilines is 2. The van der Waals surface area contributed by atoms with Crippen LogP contribution in [0.2, 0.25) is 0 Å². The van der Waals surface area contributed by atoms with Crippen LogP contribution < -0.4 is 16.2 Å². The molecule has 1 atom stereocenters. The zero-order valence-electron chi connectivity index (χ0n) is 11.2. The number of nitrogens with one attached hydrogen (secondary N) is 1. The Bertz CT molecular complexity index is 717. The minimum absolute atomic E-state index is 0.0664. The van der Waals surface area contributed by atoms with Crippen LogP contribution in [0.5, 0.6) is 0 Å². The Balaban J connectivity index is 2.06. The fourth-order valence-corrected chi connectivity index (χ4v) is 2.57. The Morgan fingerprint density at radius 1 is 1.14 bits per heavy atom. The Morgan fingerprint density at radius 2 is 1.81 bits per heavy atom. The normalized spacial score (nSPS) is 12.9. The molecule has 0 fully saturated rings. The fourth-order valence-electron chi connectivity index (χ4n) is 1.93. The summed E-state index contributed by atoms with van der Waals surface area (Å²) in [6, 6.07) is 13.6. The highest BCUT2D eigenvalue weighted by atomic mass is 32.2. The number of aliphatic hydroxyl groups excluding tert-OH is 1. The second kappa shape index (κ2) is 6.13. The smallest absolute Gasteiger partial charge is 0.240 e. The standard InChI is InChI=1S/C14H17N3O3S/c15-12-8-11(6-7-14(12)21(16,19)20)17-9-13(18)10-4-2-1-3-5-10/h1-8,13,17-18H,9,15H2,(H2,16,19,20). The van der Waals surface area contributed by atoms with Gasteiger partial charge in [-0.1, -0.05) is 30.3 Å². The minimum atomic E-state index is -3.83. The van der Waals surface area contributed by atoms with Gasteiger partial charge in [-0.3, -0.25) is 0 Å². The molecule has 0 radical (unpaired) electrons. The lowest BCUT2D eigenvalue weighted by Gasteiger charge is -2.14. The molecular formula is C14H17N3O3S. The summed E-state index contributed by atoms with van der Waals surface area (Å²) in [4.78, 5) is -0.114. The third-order valence-electron chi connectivity index (χ3n) is 3.00.